The molecule has 190 valence electrons. The van der Waals surface area contributed by atoms with Crippen molar-refractivity contribution in [2.45, 2.75) is 39.3 Å². The van der Waals surface area contributed by atoms with Crippen LogP contribution < -0.4 is 14.5 Å². The van der Waals surface area contributed by atoms with E-state index in [0.29, 0.717) is 12.4 Å². The number of methoxy groups -OCH3 is 1. The molecule has 2 fully saturated rings. The van der Waals surface area contributed by atoms with Gasteiger partial charge in [0.15, 0.2) is 0 Å². The van der Waals surface area contributed by atoms with Gasteiger partial charge in [-0.25, -0.2) is 9.78 Å². The number of carbonyl (C=O) groups is 2. The number of rotatable bonds is 5. The molecule has 3 amide bonds. The van der Waals surface area contributed by atoms with Crippen LogP contribution in [0.15, 0.2) is 48.8 Å². The van der Waals surface area contributed by atoms with Crippen LogP contribution in [0.2, 0.25) is 0 Å². The summed E-state index contributed by atoms with van der Waals surface area (Å²) >= 11 is 0. The summed E-state index contributed by atoms with van der Waals surface area (Å²) in [7, 11) is 1.61. The summed E-state index contributed by atoms with van der Waals surface area (Å²) in [6, 6.07) is 11.2. The number of anilines is 2. The van der Waals surface area contributed by atoms with Crippen molar-refractivity contribution in [2.24, 2.45) is 0 Å². The van der Waals surface area contributed by atoms with E-state index < -0.39 is 0 Å². The second kappa shape index (κ2) is 9.46. The molecule has 0 unspecified atom stereocenters. The highest BCUT2D eigenvalue weighted by Crippen LogP contribution is 2.27. The van der Waals surface area contributed by atoms with E-state index in [2.05, 4.69) is 47.8 Å². The Morgan fingerprint density at radius 1 is 0.944 bits per heavy atom. The van der Waals surface area contributed by atoms with Crippen LogP contribution in [0.25, 0.3) is 5.65 Å². The van der Waals surface area contributed by atoms with Crippen LogP contribution in [-0.4, -0.2) is 76.5 Å². The fourth-order valence-electron chi connectivity index (χ4n) is 4.95. The molecule has 2 aliphatic heterocycles. The van der Waals surface area contributed by atoms with Gasteiger partial charge >= 0.3 is 6.03 Å². The molecule has 2 aliphatic rings. The first kappa shape index (κ1) is 24.1. The molecule has 0 aliphatic carbocycles. The molecule has 0 N–H and O–H groups in total. The van der Waals surface area contributed by atoms with E-state index in [1.165, 1.54) is 4.90 Å². The van der Waals surface area contributed by atoms with Crippen molar-refractivity contribution < 1.29 is 14.3 Å². The highest BCUT2D eigenvalue weighted by Gasteiger charge is 2.34. The van der Waals surface area contributed by atoms with Gasteiger partial charge in [0.05, 0.1) is 25.5 Å². The maximum Gasteiger partial charge on any atom is 0.332 e. The predicted molar refractivity (Wildman–Crippen MR) is 140 cm³/mol. The molecular weight excluding hydrogens is 456 g/mol. The minimum Gasteiger partial charge on any atom is -0.497 e. The van der Waals surface area contributed by atoms with Crippen LogP contribution in [0.5, 0.6) is 5.75 Å². The zero-order valence-corrected chi connectivity index (χ0v) is 21.5. The van der Waals surface area contributed by atoms with Gasteiger partial charge in [0.1, 0.15) is 17.2 Å². The second-order valence-electron chi connectivity index (χ2n) is 10.4. The van der Waals surface area contributed by atoms with Gasteiger partial charge in [-0.05, 0) is 50.6 Å². The third kappa shape index (κ3) is 4.63. The lowest BCUT2D eigenvalue weighted by molar-refractivity contribution is -0.129. The molecule has 1 aromatic carbocycles. The Hall–Kier alpha value is -3.59. The zero-order valence-electron chi connectivity index (χ0n) is 21.5. The van der Waals surface area contributed by atoms with Crippen LogP contribution in [0.4, 0.5) is 16.3 Å². The number of imidazole rings is 1. The van der Waals surface area contributed by atoms with Crippen molar-refractivity contribution >= 4 is 29.1 Å². The number of carbonyl (C=O) groups excluding carboxylic acids is 2. The Morgan fingerprint density at radius 3 is 2.33 bits per heavy atom. The summed E-state index contributed by atoms with van der Waals surface area (Å²) in [5.74, 6) is 1.24. The normalized spacial score (nSPS) is 17.8. The van der Waals surface area contributed by atoms with Crippen molar-refractivity contribution in [3.8, 4) is 5.75 Å². The molecule has 2 aromatic heterocycles. The molecule has 0 saturated carbocycles. The lowest BCUT2D eigenvalue weighted by Gasteiger charge is -2.43. The number of piperazine rings is 1. The SMILES string of the molecule is COc1ccc(CN2C(=O)CCN(c3cnc4ccc(N5CCN(C(C)(C)C)CC5)cn34)C2=O)cc1. The molecule has 0 bridgehead atoms. The molecule has 0 spiro atoms. The lowest BCUT2D eigenvalue weighted by atomic mass is 10.0. The lowest BCUT2D eigenvalue weighted by Crippen LogP contribution is -2.53. The molecule has 2 saturated heterocycles. The first-order valence-electron chi connectivity index (χ1n) is 12.5. The number of hydrogen-bond acceptors (Lipinski definition) is 6. The number of nitrogens with zero attached hydrogens (tertiary/aromatic N) is 6. The van der Waals surface area contributed by atoms with Crippen LogP contribution in [0.3, 0.4) is 0 Å². The summed E-state index contributed by atoms with van der Waals surface area (Å²) in [6.45, 7) is 11.2. The Labute approximate surface area is 211 Å². The van der Waals surface area contributed by atoms with Gasteiger partial charge in [0, 0.05) is 50.9 Å². The van der Waals surface area contributed by atoms with E-state index in [-0.39, 0.29) is 30.4 Å². The highest BCUT2D eigenvalue weighted by molar-refractivity contribution is 6.05. The number of pyridine rings is 1. The van der Waals surface area contributed by atoms with Gasteiger partial charge in [-0.1, -0.05) is 12.1 Å². The first-order valence-corrected chi connectivity index (χ1v) is 12.5. The number of urea groups is 1. The van der Waals surface area contributed by atoms with E-state index >= 15 is 0 Å². The number of imide groups is 1. The Kier molecular flexibility index (Phi) is 6.34. The number of benzene rings is 1. The predicted octanol–water partition coefficient (Wildman–Crippen LogP) is 3.62. The maximum absolute atomic E-state index is 13.5. The summed E-state index contributed by atoms with van der Waals surface area (Å²) in [5.41, 5.74) is 2.91. The summed E-state index contributed by atoms with van der Waals surface area (Å²) in [6.07, 6.45) is 4.04. The number of ether oxygens (including phenoxy) is 1. The van der Waals surface area contributed by atoms with Crippen molar-refractivity contribution in [3.05, 3.63) is 54.4 Å². The molecule has 4 heterocycles. The van der Waals surface area contributed by atoms with Gasteiger partial charge < -0.3 is 9.64 Å². The summed E-state index contributed by atoms with van der Waals surface area (Å²) in [5, 5.41) is 0. The smallest absolute Gasteiger partial charge is 0.332 e. The van der Waals surface area contributed by atoms with Gasteiger partial charge in [0.2, 0.25) is 5.91 Å². The summed E-state index contributed by atoms with van der Waals surface area (Å²) < 4.78 is 7.17. The van der Waals surface area contributed by atoms with Crippen molar-refractivity contribution in [2.75, 3.05) is 49.6 Å². The third-order valence-corrected chi connectivity index (χ3v) is 7.15. The van der Waals surface area contributed by atoms with E-state index in [9.17, 15) is 9.59 Å². The van der Waals surface area contributed by atoms with Gasteiger partial charge in [-0.2, -0.15) is 0 Å². The highest BCUT2D eigenvalue weighted by atomic mass is 16.5. The number of aromatic nitrogens is 2. The molecule has 9 heteroatoms. The fourth-order valence-corrected chi connectivity index (χ4v) is 4.95. The van der Waals surface area contributed by atoms with Gasteiger partial charge in [0.25, 0.3) is 0 Å². The van der Waals surface area contributed by atoms with Crippen molar-refractivity contribution in [3.63, 3.8) is 0 Å². The third-order valence-electron chi connectivity index (χ3n) is 7.15. The zero-order chi connectivity index (χ0) is 25.4. The standard InChI is InChI=1S/C27H34N6O3/c1-27(2,3)30-15-13-29(14-16-30)21-7-10-23-28-17-24(32(23)19-21)31-12-11-25(34)33(26(31)35)18-20-5-8-22(36-4)9-6-20/h5-10,17,19H,11-16,18H2,1-4H3. The number of hydrogen-bond donors (Lipinski definition) is 0. The van der Waals surface area contributed by atoms with E-state index in [4.69, 9.17) is 4.74 Å². The fraction of sp³-hybridized carbons (Fsp3) is 0.444. The van der Waals surface area contributed by atoms with Crippen molar-refractivity contribution in [1.29, 1.82) is 0 Å². The van der Waals surface area contributed by atoms with E-state index in [1.807, 2.05) is 34.7 Å². The van der Waals surface area contributed by atoms with Crippen LogP contribution in [-0.2, 0) is 11.3 Å². The summed E-state index contributed by atoms with van der Waals surface area (Å²) in [4.78, 5) is 38.6. The Balaban J connectivity index is 1.36. The van der Waals surface area contributed by atoms with Gasteiger partial charge in [-0.3, -0.25) is 23.9 Å². The average molecular weight is 491 g/mol. The Morgan fingerprint density at radius 2 is 1.67 bits per heavy atom. The molecule has 9 nitrogen and oxygen atoms in total. The molecule has 5 rings (SSSR count). The monoisotopic (exact) mass is 490 g/mol. The van der Waals surface area contributed by atoms with Crippen LogP contribution in [0, 0.1) is 0 Å². The molecular formula is C27H34N6O3. The molecule has 0 atom stereocenters. The molecule has 0 radical (unpaired) electrons. The largest absolute Gasteiger partial charge is 0.497 e. The average Bonchev–Trinajstić information content (AvgIpc) is 3.29. The number of amides is 3. The second-order valence-corrected chi connectivity index (χ2v) is 10.4. The van der Waals surface area contributed by atoms with Crippen LogP contribution >= 0.6 is 0 Å². The first-order chi connectivity index (χ1) is 17.2. The minimum absolute atomic E-state index is 0.164. The van der Waals surface area contributed by atoms with Gasteiger partial charge in [-0.15, -0.1) is 0 Å². The molecule has 3 aromatic rings. The number of fused-ring (bicyclic) bond motifs is 1. The molecule has 36 heavy (non-hydrogen) atoms. The Bertz CT molecular complexity index is 1250. The quantitative estimate of drug-likeness (QED) is 0.544. The minimum atomic E-state index is -0.326. The topological polar surface area (TPSA) is 73.6 Å². The van der Waals surface area contributed by atoms with E-state index in [1.54, 1.807) is 18.2 Å². The van der Waals surface area contributed by atoms with Crippen LogP contribution in [0.1, 0.15) is 32.8 Å². The van der Waals surface area contributed by atoms with E-state index in [0.717, 1.165) is 48.8 Å². The van der Waals surface area contributed by atoms with Crippen molar-refractivity contribution in [1.82, 2.24) is 19.2 Å². The maximum atomic E-state index is 13.5.